The normalized spacial score (nSPS) is 21.3. The molecule has 4 nitrogen and oxygen atoms in total. The highest BCUT2D eigenvalue weighted by atomic mass is 16.5. The van der Waals surface area contributed by atoms with E-state index in [0.29, 0.717) is 0 Å². The highest BCUT2D eigenvalue weighted by Gasteiger charge is 2.25. The number of hydrogen-bond donors (Lipinski definition) is 1. The molecule has 0 aliphatic carbocycles. The molecule has 1 aliphatic heterocycles. The lowest BCUT2D eigenvalue weighted by molar-refractivity contribution is -0.130. The summed E-state index contributed by atoms with van der Waals surface area (Å²) < 4.78 is 5.02. The van der Waals surface area contributed by atoms with Crippen LogP contribution in [0.25, 0.3) is 0 Å². The van der Waals surface area contributed by atoms with Crippen LogP contribution in [0.15, 0.2) is 30.3 Å². The van der Waals surface area contributed by atoms with Crippen LogP contribution in [0.2, 0.25) is 0 Å². The Morgan fingerprint density at radius 1 is 1.47 bits per heavy atom. The van der Waals surface area contributed by atoms with Crippen molar-refractivity contribution in [1.82, 2.24) is 10.2 Å². The van der Waals surface area contributed by atoms with Crippen molar-refractivity contribution in [2.24, 2.45) is 0 Å². The molecule has 1 saturated heterocycles. The number of ether oxygens (including phenoxy) is 1. The number of likely N-dealkylation sites (tertiary alicyclic amines) is 1. The maximum Gasteiger partial charge on any atom is 0.249 e. The number of methoxy groups -OCH3 is 1. The fourth-order valence-corrected chi connectivity index (χ4v) is 2.36. The lowest BCUT2D eigenvalue weighted by Crippen LogP contribution is -2.42. The fraction of sp³-hybridized carbons (Fsp3) is 0.533. The molecule has 1 aromatic carbocycles. The van der Waals surface area contributed by atoms with Crippen LogP contribution in [0.3, 0.4) is 0 Å². The summed E-state index contributed by atoms with van der Waals surface area (Å²) in [6.07, 6.45) is 0.637. The predicted molar refractivity (Wildman–Crippen MR) is 74.7 cm³/mol. The molecule has 1 aromatic rings. The Labute approximate surface area is 114 Å². The average molecular weight is 262 g/mol. The van der Waals surface area contributed by atoms with E-state index in [4.69, 9.17) is 4.74 Å². The van der Waals surface area contributed by atoms with Gasteiger partial charge in [-0.3, -0.25) is 9.69 Å². The number of carbonyl (C=O) groups excluding carboxylic acids is 1. The summed E-state index contributed by atoms with van der Waals surface area (Å²) in [4.78, 5) is 14.1. The smallest absolute Gasteiger partial charge is 0.249 e. The van der Waals surface area contributed by atoms with Gasteiger partial charge < -0.3 is 10.1 Å². The van der Waals surface area contributed by atoms with Crippen LogP contribution >= 0.6 is 0 Å². The molecule has 19 heavy (non-hydrogen) atoms. The molecular weight excluding hydrogens is 240 g/mol. The van der Waals surface area contributed by atoms with E-state index in [0.717, 1.165) is 26.1 Å². The van der Waals surface area contributed by atoms with Gasteiger partial charge in [-0.05, 0) is 18.9 Å². The van der Waals surface area contributed by atoms with Crippen LogP contribution in [-0.2, 0) is 16.1 Å². The average Bonchev–Trinajstić information content (AvgIpc) is 2.86. The summed E-state index contributed by atoms with van der Waals surface area (Å²) in [6.45, 7) is 4.66. The molecule has 0 spiro atoms. The molecule has 1 amide bonds. The maximum atomic E-state index is 11.7. The van der Waals surface area contributed by atoms with Crippen LogP contribution in [-0.4, -0.2) is 43.2 Å². The van der Waals surface area contributed by atoms with Gasteiger partial charge in [-0.15, -0.1) is 0 Å². The van der Waals surface area contributed by atoms with Crippen molar-refractivity contribution in [3.63, 3.8) is 0 Å². The molecule has 2 unspecified atom stereocenters. The standard InChI is InChI=1S/C15H22N2O2/c1-12(19-2)15(18)16-14-8-9-17(11-14)10-13-6-4-3-5-7-13/h3-7,12,14H,8-11H2,1-2H3,(H,16,18). The molecule has 0 saturated carbocycles. The third-order valence-electron chi connectivity index (χ3n) is 3.59. The van der Waals surface area contributed by atoms with Crippen molar-refractivity contribution in [2.75, 3.05) is 20.2 Å². The Bertz CT molecular complexity index is 408. The van der Waals surface area contributed by atoms with Crippen molar-refractivity contribution in [3.8, 4) is 0 Å². The van der Waals surface area contributed by atoms with Gasteiger partial charge in [0.25, 0.3) is 0 Å². The Balaban J connectivity index is 1.79. The third kappa shape index (κ3) is 4.04. The lowest BCUT2D eigenvalue weighted by atomic mass is 10.2. The molecule has 104 valence electrons. The Hall–Kier alpha value is -1.39. The number of amides is 1. The number of rotatable bonds is 5. The molecule has 1 N–H and O–H groups in total. The van der Waals surface area contributed by atoms with Gasteiger partial charge in [-0.1, -0.05) is 30.3 Å². The largest absolute Gasteiger partial charge is 0.372 e. The summed E-state index contributed by atoms with van der Waals surface area (Å²) >= 11 is 0. The van der Waals surface area contributed by atoms with Crippen LogP contribution in [0.1, 0.15) is 18.9 Å². The summed E-state index contributed by atoms with van der Waals surface area (Å²) in [6, 6.07) is 10.7. The van der Waals surface area contributed by atoms with E-state index in [-0.39, 0.29) is 18.1 Å². The van der Waals surface area contributed by atoms with E-state index < -0.39 is 0 Å². The quantitative estimate of drug-likeness (QED) is 0.872. The molecule has 1 aliphatic rings. The van der Waals surface area contributed by atoms with Gasteiger partial charge in [0.2, 0.25) is 5.91 Å². The molecule has 2 rings (SSSR count). The van der Waals surface area contributed by atoms with Crippen LogP contribution in [0.5, 0.6) is 0 Å². The summed E-state index contributed by atoms with van der Waals surface area (Å²) in [5, 5.41) is 3.04. The van der Waals surface area contributed by atoms with Gasteiger partial charge in [0, 0.05) is 32.8 Å². The summed E-state index contributed by atoms with van der Waals surface area (Å²) in [7, 11) is 1.56. The van der Waals surface area contributed by atoms with Gasteiger partial charge in [0.05, 0.1) is 0 Å². The molecular formula is C15H22N2O2. The second-order valence-electron chi connectivity index (χ2n) is 5.09. The first kappa shape index (κ1) is 14.0. The first-order valence-corrected chi connectivity index (χ1v) is 6.78. The minimum atomic E-state index is -0.372. The molecule has 0 aromatic heterocycles. The second-order valence-corrected chi connectivity index (χ2v) is 5.09. The SMILES string of the molecule is COC(C)C(=O)NC1CCN(Cc2ccccc2)C1. The third-order valence-corrected chi connectivity index (χ3v) is 3.59. The summed E-state index contributed by atoms with van der Waals surface area (Å²) in [5.74, 6) is -0.0194. The van der Waals surface area contributed by atoms with Crippen molar-refractivity contribution < 1.29 is 9.53 Å². The maximum absolute atomic E-state index is 11.7. The topological polar surface area (TPSA) is 41.6 Å². The monoisotopic (exact) mass is 262 g/mol. The van der Waals surface area contributed by atoms with Crippen molar-refractivity contribution in [3.05, 3.63) is 35.9 Å². The van der Waals surface area contributed by atoms with Gasteiger partial charge in [0.15, 0.2) is 0 Å². The van der Waals surface area contributed by atoms with Gasteiger partial charge in [-0.2, -0.15) is 0 Å². The zero-order valence-corrected chi connectivity index (χ0v) is 11.6. The van der Waals surface area contributed by atoms with E-state index in [1.807, 2.05) is 6.07 Å². The molecule has 0 radical (unpaired) electrons. The Morgan fingerprint density at radius 2 is 2.21 bits per heavy atom. The zero-order valence-electron chi connectivity index (χ0n) is 11.6. The van der Waals surface area contributed by atoms with Crippen LogP contribution in [0, 0.1) is 0 Å². The molecule has 1 heterocycles. The molecule has 4 heteroatoms. The van der Waals surface area contributed by atoms with E-state index in [1.54, 1.807) is 14.0 Å². The second kappa shape index (κ2) is 6.68. The molecule has 2 atom stereocenters. The Morgan fingerprint density at radius 3 is 2.89 bits per heavy atom. The first-order valence-electron chi connectivity index (χ1n) is 6.78. The van der Waals surface area contributed by atoms with Crippen LogP contribution < -0.4 is 5.32 Å². The highest BCUT2D eigenvalue weighted by Crippen LogP contribution is 2.13. The first-order chi connectivity index (χ1) is 9.19. The van der Waals surface area contributed by atoms with E-state index in [1.165, 1.54) is 5.56 Å². The minimum absolute atomic E-state index is 0.0194. The van der Waals surface area contributed by atoms with Crippen LogP contribution in [0.4, 0.5) is 0 Å². The lowest BCUT2D eigenvalue weighted by Gasteiger charge is -2.18. The zero-order chi connectivity index (χ0) is 13.7. The van der Waals surface area contributed by atoms with Gasteiger partial charge in [-0.25, -0.2) is 0 Å². The summed E-state index contributed by atoms with van der Waals surface area (Å²) in [5.41, 5.74) is 1.32. The predicted octanol–water partition coefficient (Wildman–Crippen LogP) is 1.41. The van der Waals surface area contributed by atoms with Crippen molar-refractivity contribution in [1.29, 1.82) is 0 Å². The Kier molecular flexibility index (Phi) is 4.93. The molecule has 0 bridgehead atoms. The minimum Gasteiger partial charge on any atom is -0.372 e. The van der Waals surface area contributed by atoms with Crippen molar-refractivity contribution in [2.45, 2.75) is 32.0 Å². The van der Waals surface area contributed by atoms with E-state index in [2.05, 4.69) is 34.5 Å². The highest BCUT2D eigenvalue weighted by molar-refractivity contribution is 5.80. The number of carbonyl (C=O) groups is 1. The van der Waals surface area contributed by atoms with E-state index in [9.17, 15) is 4.79 Å². The number of nitrogens with zero attached hydrogens (tertiary/aromatic N) is 1. The van der Waals surface area contributed by atoms with E-state index >= 15 is 0 Å². The van der Waals surface area contributed by atoms with Gasteiger partial charge in [0.1, 0.15) is 6.10 Å². The van der Waals surface area contributed by atoms with Crippen molar-refractivity contribution >= 4 is 5.91 Å². The fourth-order valence-electron chi connectivity index (χ4n) is 2.36. The van der Waals surface area contributed by atoms with Gasteiger partial charge >= 0.3 is 0 Å². The number of hydrogen-bond acceptors (Lipinski definition) is 3. The molecule has 1 fully saturated rings. The number of benzene rings is 1. The number of nitrogens with one attached hydrogen (secondary N) is 1.